The molecule has 3 rings (SSSR count). The van der Waals surface area contributed by atoms with Gasteiger partial charge in [-0.15, -0.1) is 0 Å². The highest BCUT2D eigenvalue weighted by Crippen LogP contribution is 2.37. The van der Waals surface area contributed by atoms with Gasteiger partial charge in [0.15, 0.2) is 11.5 Å². The zero-order valence-electron chi connectivity index (χ0n) is 15.9. The molecule has 0 saturated heterocycles. The third-order valence-electron chi connectivity index (χ3n) is 4.57. The zero-order valence-corrected chi connectivity index (χ0v) is 15.9. The number of nitrogens with zero attached hydrogens (tertiary/aromatic N) is 1. The highest BCUT2D eigenvalue weighted by atomic mass is 16.5. The van der Waals surface area contributed by atoms with Gasteiger partial charge in [0.25, 0.3) is 5.91 Å². The number of hydrazine groups is 1. The Labute approximate surface area is 163 Å². The first kappa shape index (κ1) is 19.4. The summed E-state index contributed by atoms with van der Waals surface area (Å²) in [4.78, 5) is 26.0. The van der Waals surface area contributed by atoms with Crippen molar-refractivity contribution in [3.63, 3.8) is 0 Å². The molecule has 146 valence electrons. The third kappa shape index (κ3) is 4.15. The minimum absolute atomic E-state index is 0.0623. The number of fused-ring (bicyclic) bond motifs is 1. The van der Waals surface area contributed by atoms with Crippen molar-refractivity contribution < 1.29 is 14.3 Å². The van der Waals surface area contributed by atoms with E-state index in [9.17, 15) is 9.59 Å². The van der Waals surface area contributed by atoms with Crippen molar-refractivity contribution in [3.8, 4) is 5.75 Å². The van der Waals surface area contributed by atoms with Gasteiger partial charge in [0, 0.05) is 18.7 Å². The second-order valence-electron chi connectivity index (χ2n) is 6.93. The largest absolute Gasteiger partial charge is 0.449 e. The molecule has 0 aliphatic carbocycles. The molecule has 2 amide bonds. The molecule has 7 heteroatoms. The standard InChI is InChI=1S/C21H24N4O3/c1-13(2)15-5-3-14(4-6-15)11-19-21(27)25(10-9-20(26)24-23)17-12-16(22)7-8-18(17)28-19/h3-8,11-13H,9-10,22-23H2,1-2H3,(H,24,26)/b19-11+. The van der Waals surface area contributed by atoms with E-state index in [0.29, 0.717) is 23.0 Å². The molecule has 0 bridgehead atoms. The highest BCUT2D eigenvalue weighted by molar-refractivity contribution is 6.10. The predicted molar refractivity (Wildman–Crippen MR) is 109 cm³/mol. The average Bonchev–Trinajstić information content (AvgIpc) is 2.68. The maximum atomic E-state index is 13.0. The fourth-order valence-corrected chi connectivity index (χ4v) is 2.96. The van der Waals surface area contributed by atoms with Gasteiger partial charge in [-0.1, -0.05) is 38.1 Å². The van der Waals surface area contributed by atoms with Gasteiger partial charge in [0.2, 0.25) is 5.91 Å². The van der Waals surface area contributed by atoms with Crippen LogP contribution in [0.25, 0.3) is 6.08 Å². The van der Waals surface area contributed by atoms with Crippen LogP contribution in [0, 0.1) is 0 Å². The SMILES string of the molecule is CC(C)c1ccc(/C=C2/Oc3ccc(N)cc3N(CCC(=O)NN)C2=O)cc1. The van der Waals surface area contributed by atoms with Gasteiger partial charge >= 0.3 is 0 Å². The number of rotatable bonds is 5. The number of benzene rings is 2. The lowest BCUT2D eigenvalue weighted by Crippen LogP contribution is -2.40. The number of anilines is 2. The fraction of sp³-hybridized carbons (Fsp3) is 0.238. The summed E-state index contributed by atoms with van der Waals surface area (Å²) >= 11 is 0. The number of hydrogen-bond donors (Lipinski definition) is 3. The molecular formula is C21H24N4O3. The van der Waals surface area contributed by atoms with Gasteiger partial charge in [0.05, 0.1) is 5.69 Å². The minimum Gasteiger partial charge on any atom is -0.449 e. The first-order valence-corrected chi connectivity index (χ1v) is 9.09. The van der Waals surface area contributed by atoms with Crippen LogP contribution in [0.2, 0.25) is 0 Å². The van der Waals surface area contributed by atoms with E-state index in [1.165, 1.54) is 10.5 Å². The van der Waals surface area contributed by atoms with E-state index >= 15 is 0 Å². The molecule has 0 aromatic heterocycles. The molecule has 0 spiro atoms. The number of hydrogen-bond acceptors (Lipinski definition) is 5. The number of carbonyl (C=O) groups is 2. The van der Waals surface area contributed by atoms with Gasteiger partial charge in [0.1, 0.15) is 0 Å². The van der Waals surface area contributed by atoms with Crippen molar-refractivity contribution in [2.24, 2.45) is 5.84 Å². The quantitative estimate of drug-likeness (QED) is 0.243. The molecule has 1 heterocycles. The zero-order chi connectivity index (χ0) is 20.3. The van der Waals surface area contributed by atoms with Gasteiger partial charge in [-0.2, -0.15) is 0 Å². The number of ether oxygens (including phenoxy) is 1. The highest BCUT2D eigenvalue weighted by Gasteiger charge is 2.30. The Morgan fingerprint density at radius 2 is 1.93 bits per heavy atom. The van der Waals surface area contributed by atoms with Crippen molar-refractivity contribution in [1.29, 1.82) is 0 Å². The summed E-state index contributed by atoms with van der Waals surface area (Å²) in [5, 5.41) is 0. The topological polar surface area (TPSA) is 111 Å². The van der Waals surface area contributed by atoms with Crippen LogP contribution in [0.3, 0.4) is 0 Å². The molecule has 0 saturated carbocycles. The molecule has 1 aliphatic heterocycles. The van der Waals surface area contributed by atoms with Crippen molar-refractivity contribution in [3.05, 3.63) is 59.4 Å². The van der Waals surface area contributed by atoms with Crippen LogP contribution < -0.4 is 26.6 Å². The average molecular weight is 380 g/mol. The molecule has 0 radical (unpaired) electrons. The molecule has 2 aromatic rings. The Kier molecular flexibility index (Phi) is 5.65. The maximum absolute atomic E-state index is 13.0. The summed E-state index contributed by atoms with van der Waals surface area (Å²) in [7, 11) is 0. The van der Waals surface area contributed by atoms with Crippen molar-refractivity contribution >= 4 is 29.3 Å². The Morgan fingerprint density at radius 3 is 2.57 bits per heavy atom. The number of nitrogens with two attached hydrogens (primary N) is 2. The lowest BCUT2D eigenvalue weighted by Gasteiger charge is -2.30. The summed E-state index contributed by atoms with van der Waals surface area (Å²) in [6.07, 6.45) is 1.76. The van der Waals surface area contributed by atoms with E-state index in [4.69, 9.17) is 16.3 Å². The predicted octanol–water partition coefficient (Wildman–Crippen LogP) is 2.54. The van der Waals surface area contributed by atoms with Crippen LogP contribution in [0.4, 0.5) is 11.4 Å². The van der Waals surface area contributed by atoms with E-state index in [1.807, 2.05) is 24.3 Å². The second kappa shape index (κ2) is 8.14. The molecule has 28 heavy (non-hydrogen) atoms. The van der Waals surface area contributed by atoms with Crippen LogP contribution in [0.5, 0.6) is 5.75 Å². The van der Waals surface area contributed by atoms with Crippen LogP contribution in [0.1, 0.15) is 37.3 Å². The third-order valence-corrected chi connectivity index (χ3v) is 4.57. The summed E-state index contributed by atoms with van der Waals surface area (Å²) < 4.78 is 5.83. The van der Waals surface area contributed by atoms with Crippen LogP contribution in [-0.4, -0.2) is 18.4 Å². The summed E-state index contributed by atoms with van der Waals surface area (Å²) in [5.74, 6) is 5.56. The maximum Gasteiger partial charge on any atom is 0.294 e. The molecular weight excluding hydrogens is 356 g/mol. The lowest BCUT2D eigenvalue weighted by molar-refractivity contribution is -0.121. The summed E-state index contributed by atoms with van der Waals surface area (Å²) in [6, 6.07) is 13.0. The first-order chi connectivity index (χ1) is 13.4. The number of nitrogens with one attached hydrogen (secondary N) is 1. The fourth-order valence-electron chi connectivity index (χ4n) is 2.96. The van der Waals surface area contributed by atoms with Gasteiger partial charge < -0.3 is 15.4 Å². The van der Waals surface area contributed by atoms with E-state index in [2.05, 4.69) is 19.3 Å². The van der Waals surface area contributed by atoms with Crippen LogP contribution in [0.15, 0.2) is 48.2 Å². The Hall–Kier alpha value is -3.32. The second-order valence-corrected chi connectivity index (χ2v) is 6.93. The molecule has 0 unspecified atom stereocenters. The number of carbonyl (C=O) groups excluding carboxylic acids is 2. The normalized spacial score (nSPS) is 14.8. The van der Waals surface area contributed by atoms with Crippen molar-refractivity contribution in [2.75, 3.05) is 17.2 Å². The Bertz CT molecular complexity index is 920. The van der Waals surface area contributed by atoms with E-state index < -0.39 is 0 Å². The molecule has 0 atom stereocenters. The smallest absolute Gasteiger partial charge is 0.294 e. The Morgan fingerprint density at radius 1 is 1.21 bits per heavy atom. The molecule has 5 N–H and O–H groups in total. The summed E-state index contributed by atoms with van der Waals surface area (Å²) in [5.41, 5.74) is 11.0. The molecule has 2 aromatic carbocycles. The molecule has 0 fully saturated rings. The first-order valence-electron chi connectivity index (χ1n) is 9.09. The van der Waals surface area contributed by atoms with E-state index in [0.717, 1.165) is 5.56 Å². The van der Waals surface area contributed by atoms with Gasteiger partial charge in [-0.05, 0) is 41.3 Å². The van der Waals surface area contributed by atoms with Crippen LogP contribution in [-0.2, 0) is 9.59 Å². The van der Waals surface area contributed by atoms with E-state index in [-0.39, 0.29) is 30.5 Å². The van der Waals surface area contributed by atoms with Gasteiger partial charge in [-0.25, -0.2) is 5.84 Å². The minimum atomic E-state index is -0.362. The molecule has 1 aliphatic rings. The number of amides is 2. The lowest BCUT2D eigenvalue weighted by atomic mass is 10.0. The van der Waals surface area contributed by atoms with Crippen molar-refractivity contribution in [1.82, 2.24) is 5.43 Å². The Balaban J connectivity index is 1.93. The summed E-state index contributed by atoms with van der Waals surface area (Å²) in [6.45, 7) is 4.41. The number of nitrogen functional groups attached to an aromatic ring is 1. The van der Waals surface area contributed by atoms with Gasteiger partial charge in [-0.3, -0.25) is 15.0 Å². The van der Waals surface area contributed by atoms with Crippen molar-refractivity contribution in [2.45, 2.75) is 26.2 Å². The van der Waals surface area contributed by atoms with Crippen LogP contribution >= 0.6 is 0 Å². The monoisotopic (exact) mass is 380 g/mol. The molecule has 7 nitrogen and oxygen atoms in total. The van der Waals surface area contributed by atoms with E-state index in [1.54, 1.807) is 24.3 Å².